The number of aliphatic hydroxyl groups is 1. The smallest absolute Gasteiger partial charge is 0.0802 e. The highest BCUT2D eigenvalue weighted by molar-refractivity contribution is 5.29. The van der Waals surface area contributed by atoms with Crippen molar-refractivity contribution in [1.82, 2.24) is 9.80 Å². The summed E-state index contributed by atoms with van der Waals surface area (Å²) >= 11 is 0. The number of aliphatic hydroxyl groups excluding tert-OH is 1. The van der Waals surface area contributed by atoms with Crippen molar-refractivity contribution in [3.8, 4) is 0 Å². The van der Waals surface area contributed by atoms with Gasteiger partial charge in [-0.15, -0.1) is 0 Å². The van der Waals surface area contributed by atoms with Gasteiger partial charge in [0, 0.05) is 32.2 Å². The van der Waals surface area contributed by atoms with Crippen LogP contribution in [0.2, 0.25) is 0 Å². The highest BCUT2D eigenvalue weighted by Gasteiger charge is 2.21. The molecule has 1 aliphatic heterocycles. The molecule has 20 heavy (non-hydrogen) atoms. The van der Waals surface area contributed by atoms with Crippen LogP contribution in [0.25, 0.3) is 0 Å². The average molecular weight is 276 g/mol. The molecule has 1 N–H and O–H groups in total. The van der Waals surface area contributed by atoms with Gasteiger partial charge in [-0.05, 0) is 39.8 Å². The molecular weight excluding hydrogens is 248 g/mol. The summed E-state index contributed by atoms with van der Waals surface area (Å²) in [4.78, 5) is 4.87. The topological polar surface area (TPSA) is 26.7 Å². The highest BCUT2D eigenvalue weighted by Crippen LogP contribution is 2.20. The van der Waals surface area contributed by atoms with Gasteiger partial charge in [-0.1, -0.05) is 29.3 Å². The van der Waals surface area contributed by atoms with E-state index in [0.717, 1.165) is 38.2 Å². The van der Waals surface area contributed by atoms with Crippen molar-refractivity contribution >= 4 is 0 Å². The van der Waals surface area contributed by atoms with Crippen molar-refractivity contribution in [3.05, 3.63) is 34.9 Å². The summed E-state index contributed by atoms with van der Waals surface area (Å²) in [6, 6.07) is 6.97. The van der Waals surface area contributed by atoms with E-state index in [1.807, 2.05) is 0 Å². The number of rotatable bonds is 4. The van der Waals surface area contributed by atoms with Crippen molar-refractivity contribution in [2.75, 3.05) is 33.2 Å². The molecule has 1 aromatic carbocycles. The van der Waals surface area contributed by atoms with E-state index in [-0.39, 0.29) is 6.10 Å². The van der Waals surface area contributed by atoms with Gasteiger partial charge in [-0.25, -0.2) is 0 Å². The minimum atomic E-state index is -0.344. The van der Waals surface area contributed by atoms with E-state index >= 15 is 0 Å². The molecule has 1 heterocycles. The van der Waals surface area contributed by atoms with Crippen LogP contribution in [-0.4, -0.2) is 54.2 Å². The molecule has 2 rings (SSSR count). The minimum absolute atomic E-state index is 0.344. The monoisotopic (exact) mass is 276 g/mol. The Hall–Kier alpha value is -0.900. The van der Waals surface area contributed by atoms with E-state index in [0.29, 0.717) is 6.04 Å². The molecule has 0 aliphatic carbocycles. The molecule has 112 valence electrons. The molecule has 1 aromatic rings. The first kappa shape index (κ1) is 15.5. The van der Waals surface area contributed by atoms with Crippen LogP contribution in [0.5, 0.6) is 0 Å². The van der Waals surface area contributed by atoms with E-state index in [1.54, 1.807) is 0 Å². The van der Waals surface area contributed by atoms with Gasteiger partial charge in [0.2, 0.25) is 0 Å². The third-order valence-electron chi connectivity index (χ3n) is 4.39. The largest absolute Gasteiger partial charge is 0.388 e. The van der Waals surface area contributed by atoms with E-state index in [4.69, 9.17) is 0 Å². The molecule has 0 spiro atoms. The number of likely N-dealkylation sites (N-methyl/N-ethyl adjacent to an activating group) is 1. The summed E-state index contributed by atoms with van der Waals surface area (Å²) in [6.45, 7) is 10.8. The Kier molecular flexibility index (Phi) is 5.19. The standard InChI is InChI=1S/C17H28N2O/c1-13-9-14(2)11-16(10-13)17(20)5-6-19-8-7-18(4)15(3)12-19/h9-11,15,17,20H,5-8,12H2,1-4H3. The Morgan fingerprint density at radius 3 is 2.45 bits per heavy atom. The summed E-state index contributed by atoms with van der Waals surface area (Å²) in [6.07, 6.45) is 0.475. The van der Waals surface area contributed by atoms with Crippen molar-refractivity contribution < 1.29 is 5.11 Å². The zero-order chi connectivity index (χ0) is 14.7. The molecule has 0 bridgehead atoms. The number of nitrogens with zero attached hydrogens (tertiary/aromatic N) is 2. The molecule has 0 radical (unpaired) electrons. The van der Waals surface area contributed by atoms with Crippen molar-refractivity contribution in [1.29, 1.82) is 0 Å². The second-order valence-corrected chi connectivity index (χ2v) is 6.36. The molecule has 2 atom stereocenters. The summed E-state index contributed by atoms with van der Waals surface area (Å²) in [7, 11) is 2.19. The van der Waals surface area contributed by atoms with Crippen molar-refractivity contribution in [2.45, 2.75) is 39.3 Å². The first-order valence-electron chi connectivity index (χ1n) is 7.64. The lowest BCUT2D eigenvalue weighted by molar-refractivity contribution is 0.0839. The Bertz CT molecular complexity index is 426. The van der Waals surface area contributed by atoms with Crippen molar-refractivity contribution in [3.63, 3.8) is 0 Å². The lowest BCUT2D eigenvalue weighted by Gasteiger charge is -2.38. The summed E-state index contributed by atoms with van der Waals surface area (Å²) < 4.78 is 0. The number of hydrogen-bond acceptors (Lipinski definition) is 3. The fourth-order valence-electron chi connectivity index (χ4n) is 3.00. The van der Waals surface area contributed by atoms with Gasteiger partial charge >= 0.3 is 0 Å². The van der Waals surface area contributed by atoms with Gasteiger partial charge in [0.25, 0.3) is 0 Å². The molecule has 0 aromatic heterocycles. The first-order chi connectivity index (χ1) is 9.45. The lowest BCUT2D eigenvalue weighted by Crippen LogP contribution is -2.50. The normalized spacial score (nSPS) is 22.9. The molecule has 1 aliphatic rings. The van der Waals surface area contributed by atoms with Gasteiger partial charge in [-0.3, -0.25) is 0 Å². The fraction of sp³-hybridized carbons (Fsp3) is 0.647. The Labute approximate surface area is 123 Å². The number of hydrogen-bond donors (Lipinski definition) is 1. The first-order valence-corrected chi connectivity index (χ1v) is 7.64. The Balaban J connectivity index is 1.87. The fourth-order valence-corrected chi connectivity index (χ4v) is 3.00. The van der Waals surface area contributed by atoms with Crippen LogP contribution in [0.15, 0.2) is 18.2 Å². The number of benzene rings is 1. The van der Waals surface area contributed by atoms with Gasteiger partial charge < -0.3 is 14.9 Å². The maximum atomic E-state index is 10.4. The highest BCUT2D eigenvalue weighted by atomic mass is 16.3. The van der Waals surface area contributed by atoms with Crippen LogP contribution in [0, 0.1) is 13.8 Å². The molecule has 3 heteroatoms. The Morgan fingerprint density at radius 1 is 1.20 bits per heavy atom. The van der Waals surface area contributed by atoms with E-state index in [2.05, 4.69) is 55.8 Å². The number of aryl methyl sites for hydroxylation is 2. The van der Waals surface area contributed by atoms with Crippen LogP contribution in [0.1, 0.15) is 36.1 Å². The van der Waals surface area contributed by atoms with E-state index < -0.39 is 0 Å². The second kappa shape index (κ2) is 6.70. The molecular formula is C17H28N2O. The molecule has 3 nitrogen and oxygen atoms in total. The average Bonchev–Trinajstić information content (AvgIpc) is 2.38. The van der Waals surface area contributed by atoms with Crippen LogP contribution in [0.4, 0.5) is 0 Å². The third-order valence-corrected chi connectivity index (χ3v) is 4.39. The summed E-state index contributed by atoms with van der Waals surface area (Å²) in [5.74, 6) is 0. The second-order valence-electron chi connectivity index (χ2n) is 6.36. The summed E-state index contributed by atoms with van der Waals surface area (Å²) in [5, 5.41) is 10.4. The van der Waals surface area contributed by atoms with Gasteiger partial charge in [0.1, 0.15) is 0 Å². The molecule has 0 amide bonds. The van der Waals surface area contributed by atoms with Crippen LogP contribution >= 0.6 is 0 Å². The third kappa shape index (κ3) is 4.05. The van der Waals surface area contributed by atoms with Gasteiger partial charge in [-0.2, -0.15) is 0 Å². The quantitative estimate of drug-likeness (QED) is 0.914. The Morgan fingerprint density at radius 2 is 1.85 bits per heavy atom. The van der Waals surface area contributed by atoms with Crippen LogP contribution in [0.3, 0.4) is 0 Å². The van der Waals surface area contributed by atoms with Crippen LogP contribution in [-0.2, 0) is 0 Å². The van der Waals surface area contributed by atoms with Gasteiger partial charge in [0.15, 0.2) is 0 Å². The molecule has 1 saturated heterocycles. The van der Waals surface area contributed by atoms with E-state index in [1.165, 1.54) is 11.1 Å². The predicted molar refractivity (Wildman–Crippen MR) is 84.0 cm³/mol. The van der Waals surface area contributed by atoms with Crippen LogP contribution < -0.4 is 0 Å². The zero-order valence-electron chi connectivity index (χ0n) is 13.3. The van der Waals surface area contributed by atoms with E-state index in [9.17, 15) is 5.11 Å². The summed E-state index contributed by atoms with van der Waals surface area (Å²) in [5.41, 5.74) is 3.52. The lowest BCUT2D eigenvalue weighted by atomic mass is 10.0. The maximum Gasteiger partial charge on any atom is 0.0802 e. The van der Waals surface area contributed by atoms with Gasteiger partial charge in [0.05, 0.1) is 6.10 Å². The number of piperazine rings is 1. The SMILES string of the molecule is Cc1cc(C)cc(C(O)CCN2CCN(C)C(C)C2)c1. The predicted octanol–water partition coefficient (Wildman–Crippen LogP) is 2.36. The van der Waals surface area contributed by atoms with Crippen molar-refractivity contribution in [2.24, 2.45) is 0 Å². The maximum absolute atomic E-state index is 10.4. The minimum Gasteiger partial charge on any atom is -0.388 e. The molecule has 0 saturated carbocycles. The molecule has 2 unspecified atom stereocenters. The zero-order valence-corrected chi connectivity index (χ0v) is 13.3. The molecule has 1 fully saturated rings.